The summed E-state index contributed by atoms with van der Waals surface area (Å²) >= 11 is 0. The number of fused-ring (bicyclic) bond motifs is 10. The fourth-order valence-corrected chi connectivity index (χ4v) is 21.5. The van der Waals surface area contributed by atoms with Crippen LogP contribution in [0.25, 0.3) is 28.0 Å². The summed E-state index contributed by atoms with van der Waals surface area (Å²) in [6.07, 6.45) is 10.4. The minimum absolute atomic E-state index is 0.00761. The van der Waals surface area contributed by atoms with E-state index in [4.69, 9.17) is 18.9 Å². The summed E-state index contributed by atoms with van der Waals surface area (Å²) in [4.78, 5) is 31.3. The zero-order valence-corrected chi connectivity index (χ0v) is 55.0. The summed E-state index contributed by atoms with van der Waals surface area (Å²) in [5, 5.41) is 65.8. The van der Waals surface area contributed by atoms with Gasteiger partial charge in [-0.25, -0.2) is 0 Å². The van der Waals surface area contributed by atoms with Gasteiger partial charge in [0.15, 0.2) is 23.0 Å². The second-order valence-electron chi connectivity index (χ2n) is 28.4. The van der Waals surface area contributed by atoms with Crippen LogP contribution in [0.2, 0.25) is 0 Å². The Hall–Kier alpha value is -7.38. The van der Waals surface area contributed by atoms with Gasteiger partial charge in [0.2, 0.25) is 0 Å². The standard InChI is InChI=1S/C80H83NO11S2/c1-47(82)91-72-37-60-36-65-63-39-74(70(85)32-54(63)30-66-69(84)40-67-64-38-71(86)73(89-2)33-55(64)31-68(72)80(67,76(65)66)26-23-48-13-6-3-7-14-48)90-45-75(87)94-93-46-51-27-49-19-21-58(78(24-10-5-11-25-78)56-17-8-4-9-18-56)44-81-43-50-15-12-16-52(28-50)62-35-59(83)29-53-20-22-57(34-61(53)62)79(41-49,42-51)77(88)92-60/h3-4,6-9,12-18,20,22-23,26,28-29,32-35,38-39,49,51,58,60,65-69,72,75-76,81,83-87H,5,10-11,24-25,27,30-31,36-37,40-46H2,1-2H3. The second-order valence-corrected chi connectivity index (χ2v) is 31.0. The molecular weight excluding hydrogens is 1220 g/mol. The van der Waals surface area contributed by atoms with Crippen molar-refractivity contribution in [1.82, 2.24) is 5.32 Å². The number of phenolic OH excluding ortho intramolecular Hbond substituents is 3. The third-order valence-electron chi connectivity index (χ3n) is 23.2. The highest BCUT2D eigenvalue weighted by molar-refractivity contribution is 8.76. The predicted octanol–water partition coefficient (Wildman–Crippen LogP) is 14.6. The Labute approximate surface area is 558 Å². The quantitative estimate of drug-likeness (QED) is 0.0525. The van der Waals surface area contributed by atoms with Crippen LogP contribution in [-0.4, -0.2) is 87.2 Å². The molecule has 2 aliphatic heterocycles. The molecule has 14 atom stereocenters. The van der Waals surface area contributed by atoms with E-state index in [0.29, 0.717) is 63.1 Å². The summed E-state index contributed by atoms with van der Waals surface area (Å²) in [5.74, 6) is 5.83. The molecule has 0 amide bonds. The van der Waals surface area contributed by atoms with E-state index in [1.807, 2.05) is 48.5 Å². The maximum absolute atomic E-state index is 17.2. The van der Waals surface area contributed by atoms with Crippen molar-refractivity contribution in [2.75, 3.05) is 26.0 Å². The first-order valence-electron chi connectivity index (χ1n) is 34.0. The molecule has 486 valence electrons. The Morgan fingerprint density at radius 2 is 1.59 bits per heavy atom. The lowest BCUT2D eigenvalue weighted by molar-refractivity contribution is -0.179. The van der Waals surface area contributed by atoms with Crippen LogP contribution in [0.1, 0.15) is 134 Å². The molecule has 6 aliphatic carbocycles. The van der Waals surface area contributed by atoms with Gasteiger partial charge in [-0.3, -0.25) is 9.59 Å². The van der Waals surface area contributed by atoms with Gasteiger partial charge in [0, 0.05) is 60.8 Å². The van der Waals surface area contributed by atoms with E-state index in [1.54, 1.807) is 22.9 Å². The van der Waals surface area contributed by atoms with Crippen LogP contribution in [0.15, 0.2) is 146 Å². The lowest BCUT2D eigenvalue weighted by Crippen LogP contribution is -2.62. The first-order chi connectivity index (χ1) is 45.7. The van der Waals surface area contributed by atoms with Gasteiger partial charge in [-0.15, -0.1) is 0 Å². The Kier molecular flexibility index (Phi) is 17.1. The van der Waals surface area contributed by atoms with E-state index < -0.39 is 70.1 Å². The van der Waals surface area contributed by atoms with Crippen molar-refractivity contribution in [3.63, 3.8) is 0 Å². The van der Waals surface area contributed by atoms with Crippen molar-refractivity contribution >= 4 is 50.4 Å². The number of carbonyl (C=O) groups is 2. The molecule has 11 bridgehead atoms. The molecule has 8 aliphatic rings. The molecule has 0 saturated heterocycles. The Morgan fingerprint density at radius 3 is 2.39 bits per heavy atom. The van der Waals surface area contributed by atoms with Gasteiger partial charge in [0.1, 0.15) is 30.0 Å². The summed E-state index contributed by atoms with van der Waals surface area (Å²) < 4.78 is 26.7. The molecule has 14 unspecified atom stereocenters. The van der Waals surface area contributed by atoms with Gasteiger partial charge in [0.05, 0.1) is 18.6 Å². The SMILES string of the molecule is COc1cc2c(cc1O)C1CC(O)C3Cc4cc(O)c5cc4C4CC(CC(OC(C)=O)C(C2)C1(C=Cc1ccccc1)C43)OC(=O)C12CC(C#CC(C3(c4ccccc4)CCCCC3)CNCc3cccc(c3)-c3cc(O)cc4ccc1cc34)CC(CSSC(O)CO5)C2. The summed E-state index contributed by atoms with van der Waals surface area (Å²) in [6.45, 7) is 2.62. The summed E-state index contributed by atoms with van der Waals surface area (Å²) in [6, 6.07) is 46.9. The zero-order valence-electron chi connectivity index (χ0n) is 53.4. The van der Waals surface area contributed by atoms with Crippen LogP contribution in [0.5, 0.6) is 28.7 Å². The highest BCUT2D eigenvalue weighted by Crippen LogP contribution is 2.70. The van der Waals surface area contributed by atoms with Crippen LogP contribution in [0.3, 0.4) is 0 Å². The van der Waals surface area contributed by atoms with Crippen molar-refractivity contribution in [1.29, 1.82) is 0 Å². The number of hydrogen-bond donors (Lipinski definition) is 6. The number of phenols is 3. The number of carbonyl (C=O) groups excluding carboxylic acids is 2. The maximum atomic E-state index is 17.2. The van der Waals surface area contributed by atoms with Crippen molar-refractivity contribution < 1.29 is 54.1 Å². The van der Waals surface area contributed by atoms with E-state index in [1.165, 1.54) is 36.8 Å². The molecule has 94 heavy (non-hydrogen) atoms. The number of allylic oxidation sites excluding steroid dienone is 1. The Bertz CT molecular complexity index is 4120. The van der Waals surface area contributed by atoms with Crippen LogP contribution in [0, 0.1) is 52.8 Å². The lowest BCUT2D eigenvalue weighted by Gasteiger charge is -2.64. The van der Waals surface area contributed by atoms with Gasteiger partial charge in [-0.05, 0) is 202 Å². The first-order valence-corrected chi connectivity index (χ1v) is 36.4. The largest absolute Gasteiger partial charge is 0.508 e. The van der Waals surface area contributed by atoms with Crippen molar-refractivity contribution in [3.05, 3.63) is 190 Å². The fourth-order valence-electron chi connectivity index (χ4n) is 19.3. The van der Waals surface area contributed by atoms with E-state index in [2.05, 4.69) is 108 Å². The number of esters is 2. The zero-order chi connectivity index (χ0) is 64.5. The van der Waals surface area contributed by atoms with E-state index in [0.717, 1.165) is 86.5 Å². The van der Waals surface area contributed by atoms with Gasteiger partial charge in [0.25, 0.3) is 0 Å². The average Bonchev–Trinajstić information content (AvgIpc) is 0.688. The fraction of sp³-hybridized carbons (Fsp3) is 0.425. The molecule has 6 N–H and O–H groups in total. The number of benzene rings is 7. The number of rotatable bonds is 6. The molecule has 15 rings (SSSR count). The van der Waals surface area contributed by atoms with Crippen molar-refractivity contribution in [3.8, 4) is 51.7 Å². The highest BCUT2D eigenvalue weighted by atomic mass is 33.1. The van der Waals surface area contributed by atoms with Gasteiger partial charge < -0.3 is 49.8 Å². The van der Waals surface area contributed by atoms with Crippen LogP contribution in [0.4, 0.5) is 0 Å². The van der Waals surface area contributed by atoms with Gasteiger partial charge in [-0.2, -0.15) is 0 Å². The number of methoxy groups -OCH3 is 1. The lowest BCUT2D eigenvalue weighted by atomic mass is 9.40. The number of hydrogen-bond acceptors (Lipinski definition) is 14. The number of aliphatic hydroxyl groups excluding tert-OH is 2. The van der Waals surface area contributed by atoms with Crippen molar-refractivity contribution in [2.45, 2.75) is 143 Å². The predicted molar refractivity (Wildman–Crippen MR) is 369 cm³/mol. The number of aliphatic hydroxyl groups is 2. The average molecular weight is 1300 g/mol. The van der Waals surface area contributed by atoms with E-state index in [-0.39, 0.29) is 71.6 Å². The number of aromatic hydroxyl groups is 3. The van der Waals surface area contributed by atoms with Crippen LogP contribution >= 0.6 is 21.6 Å². The van der Waals surface area contributed by atoms with Gasteiger partial charge >= 0.3 is 11.9 Å². The third-order valence-corrected chi connectivity index (χ3v) is 25.8. The normalized spacial score (nSPS) is 31.0. The molecule has 0 radical (unpaired) electrons. The Morgan fingerprint density at radius 1 is 0.777 bits per heavy atom. The number of nitrogens with one attached hydrogen (secondary N) is 1. The van der Waals surface area contributed by atoms with Crippen LogP contribution < -0.4 is 14.8 Å². The molecule has 14 heteroatoms. The molecule has 12 nitrogen and oxygen atoms in total. The topological polar surface area (TPSA) is 184 Å². The minimum atomic E-state index is -1.29. The molecular formula is C80H83NO11S2. The molecule has 1 spiro atoms. The third kappa shape index (κ3) is 11.4. The minimum Gasteiger partial charge on any atom is -0.508 e. The van der Waals surface area contributed by atoms with E-state index >= 15 is 4.79 Å². The van der Waals surface area contributed by atoms with Gasteiger partial charge in [-0.1, -0.05) is 156 Å². The number of ether oxygens (including phenoxy) is 4. The highest BCUT2D eigenvalue weighted by Gasteiger charge is 2.66. The Balaban J connectivity index is 0.943. The monoisotopic (exact) mass is 1300 g/mol. The molecule has 2 heterocycles. The molecule has 4 saturated carbocycles. The maximum Gasteiger partial charge on any atom is 0.316 e. The first kappa shape index (κ1) is 62.7. The second kappa shape index (κ2) is 25.6. The smallest absolute Gasteiger partial charge is 0.316 e. The summed E-state index contributed by atoms with van der Waals surface area (Å²) in [5.41, 5.74) is 6.16. The molecule has 7 aromatic rings. The van der Waals surface area contributed by atoms with Crippen LogP contribution in [-0.2, 0) is 49.3 Å². The molecule has 4 fully saturated rings. The summed E-state index contributed by atoms with van der Waals surface area (Å²) in [7, 11) is 4.40. The van der Waals surface area contributed by atoms with E-state index in [9.17, 15) is 30.3 Å². The molecule has 0 aromatic heterocycles. The molecule has 7 aromatic carbocycles. The van der Waals surface area contributed by atoms with Crippen molar-refractivity contribution in [2.24, 2.45) is 40.9 Å².